The lowest BCUT2D eigenvalue weighted by atomic mass is 9.55. The van der Waals surface area contributed by atoms with Crippen molar-refractivity contribution >= 4 is 17.4 Å². The number of carbonyl (C=O) groups is 1. The van der Waals surface area contributed by atoms with E-state index in [4.69, 9.17) is 11.6 Å². The molecule has 4 bridgehead atoms. The quantitative estimate of drug-likeness (QED) is 0.528. The smallest absolute Gasteiger partial charge is 0.140 e. The van der Waals surface area contributed by atoms with Gasteiger partial charge in [-0.05, 0) is 37.5 Å². The van der Waals surface area contributed by atoms with Gasteiger partial charge in [0.1, 0.15) is 5.78 Å². The van der Waals surface area contributed by atoms with Gasteiger partial charge < -0.3 is 0 Å². The number of alkyl halides is 1. The molecule has 4 rings (SSSR count). The van der Waals surface area contributed by atoms with E-state index in [1.165, 1.54) is 12.8 Å². The molecule has 4 aliphatic rings. The van der Waals surface area contributed by atoms with Gasteiger partial charge in [0.15, 0.2) is 0 Å². The van der Waals surface area contributed by atoms with Crippen molar-refractivity contribution in [3.8, 4) is 0 Å². The Morgan fingerprint density at radius 3 is 2.83 bits per heavy atom. The largest absolute Gasteiger partial charge is 0.299 e. The normalized spacial score (nSPS) is 56.4. The van der Waals surface area contributed by atoms with Gasteiger partial charge >= 0.3 is 0 Å². The van der Waals surface area contributed by atoms with E-state index >= 15 is 0 Å². The van der Waals surface area contributed by atoms with E-state index in [9.17, 15) is 4.79 Å². The second-order valence-corrected chi connectivity index (χ2v) is 5.22. The minimum absolute atomic E-state index is 0.185. The molecule has 0 unspecified atom stereocenters. The van der Waals surface area contributed by atoms with Gasteiger partial charge in [0.05, 0.1) is 0 Å². The summed E-state index contributed by atoms with van der Waals surface area (Å²) in [7, 11) is 0. The van der Waals surface area contributed by atoms with Crippen LogP contribution in [-0.2, 0) is 4.79 Å². The maximum Gasteiger partial charge on any atom is 0.140 e. The fraction of sp³-hybridized carbons (Fsp3) is 0.900. The van der Waals surface area contributed by atoms with Crippen molar-refractivity contribution in [2.24, 2.45) is 23.7 Å². The third-order valence-electron chi connectivity index (χ3n) is 4.03. The Kier molecular flexibility index (Phi) is 1.39. The first-order chi connectivity index (χ1) is 5.75. The number of carbonyl (C=O) groups excluding carboxylic acids is 1. The molecule has 0 amide bonds. The predicted octanol–water partition coefficient (Wildman–Crippen LogP) is 2.23. The summed E-state index contributed by atoms with van der Waals surface area (Å²) in [5, 5.41) is 0.185. The van der Waals surface area contributed by atoms with Gasteiger partial charge in [0.2, 0.25) is 0 Å². The van der Waals surface area contributed by atoms with Gasteiger partial charge in [-0.25, -0.2) is 0 Å². The van der Waals surface area contributed by atoms with Crippen molar-refractivity contribution in [2.75, 3.05) is 0 Å². The Hall–Kier alpha value is -0.0400. The summed E-state index contributed by atoms with van der Waals surface area (Å²) in [6, 6.07) is 0. The second kappa shape index (κ2) is 2.25. The summed E-state index contributed by atoms with van der Waals surface area (Å²) in [6.07, 6.45) is 4.67. The van der Waals surface area contributed by atoms with Crippen molar-refractivity contribution in [2.45, 2.75) is 31.1 Å². The summed E-state index contributed by atoms with van der Waals surface area (Å²) >= 11 is 6.24. The van der Waals surface area contributed by atoms with Crippen LogP contribution in [0.15, 0.2) is 0 Å². The highest BCUT2D eigenvalue weighted by molar-refractivity contribution is 6.23. The maximum absolute atomic E-state index is 11.7. The average Bonchev–Trinajstić information content (AvgIpc) is 2.07. The molecule has 1 nitrogen and oxygen atoms in total. The summed E-state index contributed by atoms with van der Waals surface area (Å²) in [5.41, 5.74) is 0. The van der Waals surface area contributed by atoms with Gasteiger partial charge in [-0.1, -0.05) is 0 Å². The Morgan fingerprint density at radius 2 is 2.00 bits per heavy atom. The van der Waals surface area contributed by atoms with E-state index < -0.39 is 0 Å². The number of hydrogen-bond donors (Lipinski definition) is 0. The van der Waals surface area contributed by atoms with Crippen LogP contribution < -0.4 is 0 Å². The Bertz CT molecular complexity index is 238. The molecule has 12 heavy (non-hydrogen) atoms. The zero-order valence-corrected chi connectivity index (χ0v) is 7.76. The van der Waals surface area contributed by atoms with E-state index in [2.05, 4.69) is 0 Å². The zero-order valence-electron chi connectivity index (χ0n) is 7.00. The number of ketones is 1. The molecule has 0 saturated heterocycles. The molecule has 0 aromatic carbocycles. The lowest BCUT2D eigenvalue weighted by molar-refractivity contribution is -0.139. The summed E-state index contributed by atoms with van der Waals surface area (Å²) in [6.45, 7) is 0. The van der Waals surface area contributed by atoms with Gasteiger partial charge in [-0.2, -0.15) is 0 Å². The SMILES string of the molecule is O=C1[C@@H]2C[C@H]3C[C@@H](C2)[C@H](Cl)[C@@H]1C3. The van der Waals surface area contributed by atoms with Gasteiger partial charge in [-0.15, -0.1) is 11.6 Å². The molecule has 4 fully saturated rings. The Balaban J connectivity index is 1.98. The topological polar surface area (TPSA) is 17.1 Å². The van der Waals surface area contributed by atoms with Crippen LogP contribution in [0.5, 0.6) is 0 Å². The highest BCUT2D eigenvalue weighted by atomic mass is 35.5. The molecule has 4 aliphatic carbocycles. The fourth-order valence-electron chi connectivity index (χ4n) is 3.56. The van der Waals surface area contributed by atoms with Crippen molar-refractivity contribution in [1.82, 2.24) is 0 Å². The molecule has 4 saturated carbocycles. The highest BCUT2D eigenvalue weighted by Gasteiger charge is 2.52. The van der Waals surface area contributed by atoms with Crippen molar-refractivity contribution in [3.05, 3.63) is 0 Å². The number of halogens is 1. The highest BCUT2D eigenvalue weighted by Crippen LogP contribution is 2.53. The van der Waals surface area contributed by atoms with E-state index in [1.54, 1.807) is 0 Å². The van der Waals surface area contributed by atoms with Crippen LogP contribution in [0, 0.1) is 23.7 Å². The summed E-state index contributed by atoms with van der Waals surface area (Å²) in [4.78, 5) is 11.7. The molecule has 66 valence electrons. The molecule has 0 radical (unpaired) electrons. The summed E-state index contributed by atoms with van der Waals surface area (Å²) in [5.74, 6) is 2.64. The van der Waals surface area contributed by atoms with Gasteiger partial charge in [0, 0.05) is 17.2 Å². The van der Waals surface area contributed by atoms with Crippen LogP contribution in [0.4, 0.5) is 0 Å². The van der Waals surface area contributed by atoms with Crippen LogP contribution >= 0.6 is 11.6 Å². The molecule has 0 heterocycles. The van der Waals surface area contributed by atoms with Gasteiger partial charge in [0.25, 0.3) is 0 Å². The molecule has 5 atom stereocenters. The third-order valence-corrected chi connectivity index (χ3v) is 4.69. The monoisotopic (exact) mass is 184 g/mol. The van der Waals surface area contributed by atoms with Crippen molar-refractivity contribution in [3.63, 3.8) is 0 Å². The standard InChI is InChI=1S/C10H13ClO/c11-9-6-1-5-2-7(4-6)10(12)8(9)3-5/h5-9H,1-4H2/t5-,6+,7-,8+,9+/m1/s1. The van der Waals surface area contributed by atoms with E-state index in [-0.39, 0.29) is 11.3 Å². The summed E-state index contributed by atoms with van der Waals surface area (Å²) < 4.78 is 0. The molecular weight excluding hydrogens is 172 g/mol. The van der Waals surface area contributed by atoms with Crippen LogP contribution in [0.2, 0.25) is 0 Å². The molecule has 0 N–H and O–H groups in total. The first kappa shape index (κ1) is 7.37. The van der Waals surface area contributed by atoms with Crippen molar-refractivity contribution < 1.29 is 4.79 Å². The van der Waals surface area contributed by atoms with Crippen LogP contribution in [0.25, 0.3) is 0 Å². The molecule has 2 heteroatoms. The van der Waals surface area contributed by atoms with Crippen LogP contribution in [-0.4, -0.2) is 11.2 Å². The minimum Gasteiger partial charge on any atom is -0.299 e. The van der Waals surface area contributed by atoms with Crippen LogP contribution in [0.3, 0.4) is 0 Å². The third kappa shape index (κ3) is 0.783. The second-order valence-electron chi connectivity index (χ2n) is 4.72. The first-order valence-electron chi connectivity index (χ1n) is 4.93. The fourth-order valence-corrected chi connectivity index (χ4v) is 4.00. The predicted molar refractivity (Wildman–Crippen MR) is 47.1 cm³/mol. The van der Waals surface area contributed by atoms with Crippen LogP contribution in [0.1, 0.15) is 25.7 Å². The lowest BCUT2D eigenvalue weighted by Crippen LogP contribution is -2.51. The van der Waals surface area contributed by atoms with E-state index in [1.807, 2.05) is 0 Å². The minimum atomic E-state index is 0.185. The Morgan fingerprint density at radius 1 is 1.17 bits per heavy atom. The zero-order chi connectivity index (χ0) is 8.29. The van der Waals surface area contributed by atoms with Gasteiger partial charge in [-0.3, -0.25) is 4.79 Å². The Labute approximate surface area is 77.5 Å². The molecule has 0 aliphatic heterocycles. The van der Waals surface area contributed by atoms with E-state index in [0.29, 0.717) is 17.6 Å². The number of Topliss-reactive ketones (excluding diaryl/α,β-unsaturated/α-hetero) is 1. The van der Waals surface area contributed by atoms with E-state index in [0.717, 1.165) is 18.8 Å². The molecule has 0 spiro atoms. The first-order valence-corrected chi connectivity index (χ1v) is 5.37. The lowest BCUT2D eigenvalue weighted by Gasteiger charge is -2.51. The molecular formula is C10H13ClO. The number of rotatable bonds is 0. The maximum atomic E-state index is 11.7. The average molecular weight is 185 g/mol. The van der Waals surface area contributed by atoms with Crippen molar-refractivity contribution in [1.29, 1.82) is 0 Å². The molecule has 0 aromatic heterocycles. The number of hydrogen-bond acceptors (Lipinski definition) is 1. The molecule has 0 aromatic rings.